The molecule has 0 radical (unpaired) electrons. The maximum atomic E-state index is 6.32. The zero-order chi connectivity index (χ0) is 39.6. The monoisotopic (exact) mass is 764 g/mol. The number of furan rings is 1. The van der Waals surface area contributed by atoms with Gasteiger partial charge in [0.25, 0.3) is 0 Å². The molecule has 2 heterocycles. The molecule has 1 aliphatic carbocycles. The third-order valence-electron chi connectivity index (χ3n) is 12.4. The van der Waals surface area contributed by atoms with Gasteiger partial charge in [-0.3, -0.25) is 0 Å². The van der Waals surface area contributed by atoms with Crippen LogP contribution in [0.2, 0.25) is 0 Å². The lowest BCUT2D eigenvalue weighted by atomic mass is 9.67. The molecule has 280 valence electrons. The number of hydrogen-bond acceptors (Lipinski definition) is 3. The third-order valence-corrected chi connectivity index (χ3v) is 12.4. The minimum atomic E-state index is -0.438. The zero-order valence-corrected chi connectivity index (χ0v) is 32.6. The summed E-state index contributed by atoms with van der Waals surface area (Å²) in [6.07, 6.45) is 0. The molecule has 0 unspecified atom stereocenters. The Bertz CT molecular complexity index is 3380. The molecule has 3 nitrogen and oxygen atoms in total. The molecule has 0 atom stereocenters. The van der Waals surface area contributed by atoms with Gasteiger partial charge in [-0.25, -0.2) is 9.97 Å². The first-order chi connectivity index (χ1) is 29.7. The lowest BCUT2D eigenvalue weighted by Crippen LogP contribution is -2.28. The molecule has 3 heteroatoms. The van der Waals surface area contributed by atoms with Crippen molar-refractivity contribution in [3.8, 4) is 56.2 Å². The Morgan fingerprint density at radius 1 is 0.317 bits per heavy atom. The van der Waals surface area contributed by atoms with Crippen LogP contribution in [0, 0.1) is 0 Å². The quantitative estimate of drug-likeness (QED) is 0.169. The lowest BCUT2D eigenvalue weighted by Gasteiger charge is -2.33. The normalized spacial score (nSPS) is 12.8. The van der Waals surface area contributed by atoms with Crippen molar-refractivity contribution < 1.29 is 4.42 Å². The first-order valence-corrected chi connectivity index (χ1v) is 20.5. The standard InChI is InChI=1S/C57H36N2O/c1-4-16-37(17-5-1)52-36-53(39-28-30-47-46-25-13-15-27-54(46)60-55(47)35-39)59-56(58-52)48-32-31-42(43-22-10-11-23-44(43)48)38-29-33-51-49(34-38)45-24-12-14-26-50(45)57(51,40-18-6-2-7-19-40)41-20-8-3-9-21-41/h1-36H. The summed E-state index contributed by atoms with van der Waals surface area (Å²) in [4.78, 5) is 10.6. The number of hydrogen-bond donors (Lipinski definition) is 0. The van der Waals surface area contributed by atoms with Gasteiger partial charge in [0.05, 0.1) is 16.8 Å². The van der Waals surface area contributed by atoms with Gasteiger partial charge in [0.2, 0.25) is 0 Å². The summed E-state index contributed by atoms with van der Waals surface area (Å²) in [5.41, 5.74) is 16.0. The number of nitrogens with zero attached hydrogens (tertiary/aromatic N) is 2. The van der Waals surface area contributed by atoms with Crippen molar-refractivity contribution in [2.75, 3.05) is 0 Å². The van der Waals surface area contributed by atoms with E-state index in [1.807, 2.05) is 18.2 Å². The van der Waals surface area contributed by atoms with E-state index in [0.29, 0.717) is 5.82 Å². The molecule has 0 aliphatic heterocycles. The van der Waals surface area contributed by atoms with Gasteiger partial charge in [-0.2, -0.15) is 0 Å². The van der Waals surface area contributed by atoms with Gasteiger partial charge >= 0.3 is 0 Å². The third kappa shape index (κ3) is 5.23. The fourth-order valence-electron chi connectivity index (χ4n) is 9.72. The van der Waals surface area contributed by atoms with Gasteiger partial charge in [0, 0.05) is 27.5 Å². The highest BCUT2D eigenvalue weighted by molar-refractivity contribution is 6.07. The predicted octanol–water partition coefficient (Wildman–Crippen LogP) is 14.6. The predicted molar refractivity (Wildman–Crippen MR) is 246 cm³/mol. The summed E-state index contributed by atoms with van der Waals surface area (Å²) in [5, 5.41) is 4.45. The molecule has 11 aromatic rings. The van der Waals surface area contributed by atoms with Crippen LogP contribution in [0.3, 0.4) is 0 Å². The number of para-hydroxylation sites is 1. The Morgan fingerprint density at radius 2 is 0.867 bits per heavy atom. The highest BCUT2D eigenvalue weighted by Crippen LogP contribution is 2.56. The maximum Gasteiger partial charge on any atom is 0.161 e. The molecule has 0 amide bonds. The van der Waals surface area contributed by atoms with Crippen LogP contribution < -0.4 is 0 Å². The van der Waals surface area contributed by atoms with Crippen LogP contribution in [-0.2, 0) is 5.41 Å². The van der Waals surface area contributed by atoms with Gasteiger partial charge in [-0.15, -0.1) is 0 Å². The van der Waals surface area contributed by atoms with Crippen molar-refractivity contribution >= 4 is 32.7 Å². The molecule has 0 N–H and O–H groups in total. The second kappa shape index (κ2) is 13.6. The molecule has 0 saturated carbocycles. The smallest absolute Gasteiger partial charge is 0.161 e. The molecule has 9 aromatic carbocycles. The van der Waals surface area contributed by atoms with Crippen LogP contribution >= 0.6 is 0 Å². The van der Waals surface area contributed by atoms with Crippen LogP contribution in [0.4, 0.5) is 0 Å². The molecule has 1 aliphatic rings. The van der Waals surface area contributed by atoms with E-state index in [1.54, 1.807) is 0 Å². The highest BCUT2D eigenvalue weighted by Gasteiger charge is 2.46. The minimum absolute atomic E-state index is 0.438. The second-order valence-corrected chi connectivity index (χ2v) is 15.6. The van der Waals surface area contributed by atoms with Crippen LogP contribution in [0.15, 0.2) is 223 Å². The molecule has 2 aromatic heterocycles. The lowest BCUT2D eigenvalue weighted by molar-refractivity contribution is 0.669. The summed E-state index contributed by atoms with van der Waals surface area (Å²) in [7, 11) is 0. The van der Waals surface area contributed by atoms with Crippen molar-refractivity contribution in [3.63, 3.8) is 0 Å². The van der Waals surface area contributed by atoms with E-state index in [4.69, 9.17) is 14.4 Å². The van der Waals surface area contributed by atoms with Gasteiger partial charge in [-0.1, -0.05) is 182 Å². The number of benzene rings is 9. The average molecular weight is 765 g/mol. The molecular formula is C57H36N2O. The second-order valence-electron chi connectivity index (χ2n) is 15.6. The molecule has 0 bridgehead atoms. The summed E-state index contributed by atoms with van der Waals surface area (Å²) < 4.78 is 6.32. The first-order valence-electron chi connectivity index (χ1n) is 20.5. The molecule has 0 saturated heterocycles. The van der Waals surface area contributed by atoms with E-state index in [9.17, 15) is 0 Å². The Morgan fingerprint density at radius 3 is 1.62 bits per heavy atom. The molecule has 12 rings (SSSR count). The Labute approximate surface area is 347 Å². The van der Waals surface area contributed by atoms with Gasteiger partial charge in [-0.05, 0) is 91.7 Å². The summed E-state index contributed by atoms with van der Waals surface area (Å²) in [5.74, 6) is 0.678. The van der Waals surface area contributed by atoms with Crippen LogP contribution in [0.5, 0.6) is 0 Å². The Hall–Kier alpha value is -7.88. The minimum Gasteiger partial charge on any atom is -0.456 e. The van der Waals surface area contributed by atoms with E-state index in [-0.39, 0.29) is 0 Å². The van der Waals surface area contributed by atoms with Crippen LogP contribution in [0.1, 0.15) is 22.3 Å². The van der Waals surface area contributed by atoms with E-state index < -0.39 is 5.41 Å². The van der Waals surface area contributed by atoms with Crippen LogP contribution in [0.25, 0.3) is 88.9 Å². The summed E-state index contributed by atoms with van der Waals surface area (Å²) >= 11 is 0. The van der Waals surface area contributed by atoms with E-state index in [2.05, 4.69) is 200 Å². The fraction of sp³-hybridized carbons (Fsp3) is 0.0175. The van der Waals surface area contributed by atoms with Gasteiger partial charge in [0.15, 0.2) is 5.82 Å². The van der Waals surface area contributed by atoms with E-state index >= 15 is 0 Å². The molecule has 0 fully saturated rings. The SMILES string of the molecule is c1ccc(-c2cc(-c3ccc4c(c3)oc3ccccc34)nc(-c3ccc(-c4ccc5c(c4)-c4ccccc4C5(c4ccccc4)c4ccccc4)c4ccccc34)n2)cc1. The van der Waals surface area contributed by atoms with Gasteiger partial charge < -0.3 is 4.42 Å². The van der Waals surface area contributed by atoms with Crippen molar-refractivity contribution in [2.24, 2.45) is 0 Å². The molecular weight excluding hydrogens is 729 g/mol. The van der Waals surface area contributed by atoms with Crippen molar-refractivity contribution in [1.29, 1.82) is 0 Å². The van der Waals surface area contributed by atoms with E-state index in [0.717, 1.165) is 60.8 Å². The largest absolute Gasteiger partial charge is 0.456 e. The fourth-order valence-corrected chi connectivity index (χ4v) is 9.72. The zero-order valence-electron chi connectivity index (χ0n) is 32.6. The maximum absolute atomic E-state index is 6.32. The van der Waals surface area contributed by atoms with Gasteiger partial charge in [0.1, 0.15) is 11.2 Å². The van der Waals surface area contributed by atoms with Crippen molar-refractivity contribution in [1.82, 2.24) is 9.97 Å². The Balaban J connectivity index is 1.03. The first kappa shape index (κ1) is 34.2. The Kier molecular flexibility index (Phi) is 7.76. The van der Waals surface area contributed by atoms with E-state index in [1.165, 1.54) is 44.5 Å². The average Bonchev–Trinajstić information content (AvgIpc) is 3.85. The molecule has 60 heavy (non-hydrogen) atoms. The topological polar surface area (TPSA) is 38.9 Å². The van der Waals surface area contributed by atoms with Crippen molar-refractivity contribution in [3.05, 3.63) is 241 Å². The molecule has 0 spiro atoms. The summed E-state index contributed by atoms with van der Waals surface area (Å²) in [6.45, 7) is 0. The van der Waals surface area contributed by atoms with Crippen molar-refractivity contribution in [2.45, 2.75) is 5.41 Å². The number of fused-ring (bicyclic) bond motifs is 7. The highest BCUT2D eigenvalue weighted by atomic mass is 16.3. The number of rotatable bonds is 6. The summed E-state index contributed by atoms with van der Waals surface area (Å²) in [6, 6.07) is 78.1. The number of aromatic nitrogens is 2. The van der Waals surface area contributed by atoms with Crippen LogP contribution in [-0.4, -0.2) is 9.97 Å².